The lowest BCUT2D eigenvalue weighted by Crippen LogP contribution is -2.35. The number of benzene rings is 1. The number of hydrogen-bond donors (Lipinski definition) is 1. The van der Waals surface area contributed by atoms with E-state index in [9.17, 15) is 18.0 Å². The van der Waals surface area contributed by atoms with E-state index in [4.69, 9.17) is 14.2 Å². The molecule has 2 heterocycles. The van der Waals surface area contributed by atoms with Gasteiger partial charge in [0.2, 0.25) is 5.95 Å². The van der Waals surface area contributed by atoms with Crippen LogP contribution in [0.25, 0.3) is 0 Å². The smallest absolute Gasteiger partial charge is 0.431 e. The van der Waals surface area contributed by atoms with Gasteiger partial charge in [0.1, 0.15) is 18.1 Å². The van der Waals surface area contributed by atoms with Crippen molar-refractivity contribution in [2.75, 3.05) is 26.1 Å². The average Bonchev–Trinajstić information content (AvgIpc) is 3.13. The minimum atomic E-state index is -4.86. The van der Waals surface area contributed by atoms with Crippen molar-refractivity contribution in [2.45, 2.75) is 19.1 Å². The van der Waals surface area contributed by atoms with E-state index < -0.39 is 29.5 Å². The van der Waals surface area contributed by atoms with Gasteiger partial charge >= 0.3 is 12.1 Å². The number of carbonyl (C=O) groups is 1. The van der Waals surface area contributed by atoms with E-state index in [0.717, 1.165) is 6.33 Å². The van der Waals surface area contributed by atoms with E-state index in [1.807, 2.05) is 0 Å². The Morgan fingerprint density at radius 2 is 2.04 bits per heavy atom. The number of ether oxygens (including phenoxy) is 3. The molecule has 2 aromatic rings. The number of nitrogens with zero attached hydrogens (tertiary/aromatic N) is 3. The van der Waals surface area contributed by atoms with Gasteiger partial charge in [-0.05, 0) is 13.0 Å². The standard InChI is InChI=1S/C17H17F3N4O4/c1-4-28-15(25)11-12(9-6-5-7-10(26-2)13(9)27-3)24-16(21-8-22-24)23-14(11)17(18,19)20/h5-8,12H,4H2,1-3H3,(H,21,22,23)/t12-/m1/s1. The van der Waals surface area contributed by atoms with E-state index in [1.165, 1.54) is 31.9 Å². The van der Waals surface area contributed by atoms with Crippen LogP contribution in [-0.4, -0.2) is 47.7 Å². The minimum Gasteiger partial charge on any atom is -0.493 e. The molecule has 0 saturated heterocycles. The molecule has 1 aliphatic heterocycles. The van der Waals surface area contributed by atoms with Gasteiger partial charge in [-0.25, -0.2) is 9.48 Å². The monoisotopic (exact) mass is 398 g/mol. The van der Waals surface area contributed by atoms with Crippen molar-refractivity contribution in [2.24, 2.45) is 0 Å². The first-order chi connectivity index (χ1) is 13.3. The number of esters is 1. The first-order valence-electron chi connectivity index (χ1n) is 8.19. The van der Waals surface area contributed by atoms with Crippen LogP contribution in [0.5, 0.6) is 11.5 Å². The molecular weight excluding hydrogens is 381 g/mol. The van der Waals surface area contributed by atoms with Crippen molar-refractivity contribution in [3.05, 3.63) is 41.4 Å². The molecule has 11 heteroatoms. The van der Waals surface area contributed by atoms with Crippen LogP contribution in [0.2, 0.25) is 0 Å². The number of fused-ring (bicyclic) bond motifs is 1. The van der Waals surface area contributed by atoms with Crippen LogP contribution < -0.4 is 14.8 Å². The Balaban J connectivity index is 2.33. The topological polar surface area (TPSA) is 87.5 Å². The molecule has 0 bridgehead atoms. The molecule has 0 spiro atoms. The zero-order chi connectivity index (χ0) is 20.5. The van der Waals surface area contributed by atoms with Gasteiger partial charge in [0.25, 0.3) is 0 Å². The molecule has 0 aliphatic carbocycles. The summed E-state index contributed by atoms with van der Waals surface area (Å²) < 4.78 is 58.0. The van der Waals surface area contributed by atoms with E-state index in [-0.39, 0.29) is 29.6 Å². The Labute approximate surface area is 157 Å². The van der Waals surface area contributed by atoms with Crippen LogP contribution in [0.4, 0.5) is 19.1 Å². The van der Waals surface area contributed by atoms with Gasteiger partial charge in [0, 0.05) is 5.56 Å². The molecule has 1 aliphatic rings. The predicted molar refractivity (Wildman–Crippen MR) is 91.0 cm³/mol. The summed E-state index contributed by atoms with van der Waals surface area (Å²) >= 11 is 0. The number of rotatable bonds is 5. The SMILES string of the molecule is CCOC(=O)C1=C(C(F)(F)F)Nc2ncnn2[C@@H]1c1cccc(OC)c1OC. The molecule has 1 aromatic heterocycles. The number of aromatic nitrogens is 3. The summed E-state index contributed by atoms with van der Waals surface area (Å²) in [5, 5.41) is 6.14. The zero-order valence-corrected chi connectivity index (χ0v) is 15.2. The van der Waals surface area contributed by atoms with Gasteiger partial charge in [-0.1, -0.05) is 12.1 Å². The van der Waals surface area contributed by atoms with Gasteiger partial charge < -0.3 is 19.5 Å². The Morgan fingerprint density at radius 1 is 1.29 bits per heavy atom. The van der Waals surface area contributed by atoms with Crippen molar-refractivity contribution < 1.29 is 32.2 Å². The second-order valence-corrected chi connectivity index (χ2v) is 5.65. The normalized spacial score (nSPS) is 16.3. The third-order valence-corrected chi connectivity index (χ3v) is 4.10. The zero-order valence-electron chi connectivity index (χ0n) is 15.2. The second kappa shape index (κ2) is 7.41. The maximum atomic E-state index is 13.8. The molecule has 1 N–H and O–H groups in total. The first kappa shape index (κ1) is 19.5. The van der Waals surface area contributed by atoms with Gasteiger partial charge in [0.15, 0.2) is 11.5 Å². The number of halogens is 3. The number of allylic oxidation sites excluding steroid dienone is 1. The van der Waals surface area contributed by atoms with E-state index in [0.29, 0.717) is 0 Å². The fourth-order valence-corrected chi connectivity index (χ4v) is 3.03. The van der Waals surface area contributed by atoms with Crippen molar-refractivity contribution >= 4 is 11.9 Å². The molecule has 0 saturated carbocycles. The van der Waals surface area contributed by atoms with Crippen molar-refractivity contribution in [1.82, 2.24) is 14.8 Å². The number of alkyl halides is 3. The summed E-state index contributed by atoms with van der Waals surface area (Å²) in [5.41, 5.74) is -1.68. The van der Waals surface area contributed by atoms with E-state index in [2.05, 4.69) is 15.4 Å². The van der Waals surface area contributed by atoms with Crippen molar-refractivity contribution in [1.29, 1.82) is 0 Å². The molecule has 0 amide bonds. The molecular formula is C17H17F3N4O4. The number of nitrogens with one attached hydrogen (secondary N) is 1. The highest BCUT2D eigenvalue weighted by Crippen LogP contribution is 2.45. The van der Waals surface area contributed by atoms with Gasteiger partial charge in [-0.2, -0.15) is 23.3 Å². The highest BCUT2D eigenvalue weighted by Gasteiger charge is 2.47. The predicted octanol–water partition coefficient (Wildman–Crippen LogP) is 2.69. The number of para-hydroxylation sites is 1. The molecule has 0 fully saturated rings. The van der Waals surface area contributed by atoms with Crippen LogP contribution in [0.15, 0.2) is 35.8 Å². The van der Waals surface area contributed by atoms with Crippen molar-refractivity contribution in [3.63, 3.8) is 0 Å². The lowest BCUT2D eigenvalue weighted by Gasteiger charge is -2.30. The Morgan fingerprint density at radius 3 is 2.64 bits per heavy atom. The molecule has 1 atom stereocenters. The van der Waals surface area contributed by atoms with E-state index >= 15 is 0 Å². The van der Waals surface area contributed by atoms with E-state index in [1.54, 1.807) is 12.1 Å². The number of anilines is 1. The fraction of sp³-hybridized carbons (Fsp3) is 0.353. The highest BCUT2D eigenvalue weighted by molar-refractivity contribution is 5.93. The molecule has 3 rings (SSSR count). The van der Waals surface area contributed by atoms with Crippen molar-refractivity contribution in [3.8, 4) is 11.5 Å². The third-order valence-electron chi connectivity index (χ3n) is 4.10. The van der Waals surface area contributed by atoms with Gasteiger partial charge in [-0.3, -0.25) is 0 Å². The molecule has 150 valence electrons. The maximum absolute atomic E-state index is 13.8. The molecule has 1 aromatic carbocycles. The second-order valence-electron chi connectivity index (χ2n) is 5.65. The summed E-state index contributed by atoms with van der Waals surface area (Å²) in [4.78, 5) is 16.4. The van der Waals surface area contributed by atoms with Crippen LogP contribution in [-0.2, 0) is 9.53 Å². The minimum absolute atomic E-state index is 0.0976. The lowest BCUT2D eigenvalue weighted by atomic mass is 9.94. The molecule has 8 nitrogen and oxygen atoms in total. The van der Waals surface area contributed by atoms with Crippen LogP contribution in [0, 0.1) is 0 Å². The van der Waals surface area contributed by atoms with Crippen LogP contribution in [0.3, 0.4) is 0 Å². The maximum Gasteiger partial charge on any atom is 0.431 e. The summed E-state index contributed by atoms with van der Waals surface area (Å²) in [6, 6.07) is 3.39. The highest BCUT2D eigenvalue weighted by atomic mass is 19.4. The lowest BCUT2D eigenvalue weighted by molar-refractivity contribution is -0.140. The van der Waals surface area contributed by atoms with Gasteiger partial charge in [0.05, 0.1) is 26.4 Å². The Hall–Kier alpha value is -3.24. The summed E-state index contributed by atoms with van der Waals surface area (Å²) in [6.45, 7) is 1.41. The van der Waals surface area contributed by atoms with Crippen LogP contribution in [0.1, 0.15) is 18.5 Å². The first-order valence-corrected chi connectivity index (χ1v) is 8.19. The molecule has 0 unspecified atom stereocenters. The number of carbonyl (C=O) groups excluding carboxylic acids is 1. The summed E-state index contributed by atoms with van der Waals surface area (Å²) in [7, 11) is 2.75. The average molecular weight is 398 g/mol. The third kappa shape index (κ3) is 3.23. The number of methoxy groups -OCH3 is 2. The quantitative estimate of drug-likeness (QED) is 0.775. The van der Waals surface area contributed by atoms with Gasteiger partial charge in [-0.15, -0.1) is 0 Å². The number of hydrogen-bond acceptors (Lipinski definition) is 7. The summed E-state index contributed by atoms with van der Waals surface area (Å²) in [6.07, 6.45) is -3.77. The Kier molecular flexibility index (Phi) is 5.16. The molecule has 28 heavy (non-hydrogen) atoms. The van der Waals surface area contributed by atoms with Crippen LogP contribution >= 0.6 is 0 Å². The Bertz CT molecular complexity index is 923. The molecule has 0 radical (unpaired) electrons. The largest absolute Gasteiger partial charge is 0.493 e. The fourth-order valence-electron chi connectivity index (χ4n) is 3.03. The summed E-state index contributed by atoms with van der Waals surface area (Å²) in [5.74, 6) is -0.841.